The summed E-state index contributed by atoms with van der Waals surface area (Å²) in [6.07, 6.45) is 46.2. The van der Waals surface area contributed by atoms with Crippen molar-refractivity contribution in [3.8, 4) is 17.2 Å². The Morgan fingerprint density at radius 1 is 0.309 bits per heavy atom. The van der Waals surface area contributed by atoms with Gasteiger partial charge in [0.25, 0.3) is 0 Å². The zero-order valence-corrected chi connectivity index (χ0v) is 50.2. The Morgan fingerprint density at radius 2 is 0.531 bits per heavy atom. The average Bonchev–Trinajstić information content (AvgIpc) is 3.49. The molecule has 0 unspecified atom stereocenters. The quantitative estimate of drug-likeness (QED) is 0.0230. The number of benzene rings is 3. The third kappa shape index (κ3) is 40.4. The summed E-state index contributed by atoms with van der Waals surface area (Å²) >= 11 is 0. The van der Waals surface area contributed by atoms with Crippen LogP contribution in [0.5, 0.6) is 17.2 Å². The van der Waals surface area contributed by atoms with Crippen LogP contribution in [0.2, 0.25) is 0 Å². The Kier molecular flexibility index (Phi) is 43.4. The number of unbranched alkanes of at least 4 members (excludes halogenated alkanes) is 27. The van der Waals surface area contributed by atoms with Crippen molar-refractivity contribution in [1.82, 2.24) is 0 Å². The first-order valence-electron chi connectivity index (χ1n) is 31.1. The van der Waals surface area contributed by atoms with Gasteiger partial charge in [-0.15, -0.1) is 0 Å². The second-order valence-corrected chi connectivity index (χ2v) is 21.1. The molecule has 0 bridgehead atoms. The van der Waals surface area contributed by atoms with Gasteiger partial charge in [0.05, 0.1) is 54.4 Å². The number of carbonyl (C=O) groups excluding carboxylic acids is 3. The molecule has 0 radical (unpaired) electrons. The van der Waals surface area contributed by atoms with E-state index in [1.54, 1.807) is 18.2 Å². The monoisotopic (exact) mass is 1120 g/mol. The lowest BCUT2D eigenvalue weighted by Crippen LogP contribution is -2.26. The predicted octanol–water partition coefficient (Wildman–Crippen LogP) is 16.9. The second-order valence-electron chi connectivity index (χ2n) is 21.1. The maximum atomic E-state index is 11.3. The molecule has 3 aromatic rings. The summed E-state index contributed by atoms with van der Waals surface area (Å²) in [6, 6.07) is 23.3. The molecule has 0 aliphatic rings. The number of carbonyl (C=O) groups is 3. The highest BCUT2D eigenvalue weighted by molar-refractivity contribution is 5.88. The lowest BCUT2D eigenvalue weighted by atomic mass is 10.1. The molecular formula is C69H104O12. The smallest absolute Gasteiger partial charge is 0.330 e. The molecule has 452 valence electrons. The summed E-state index contributed by atoms with van der Waals surface area (Å²) < 4.78 is 50.4. The molecule has 0 spiro atoms. The maximum absolute atomic E-state index is 11.3. The molecule has 12 heteroatoms. The fourth-order valence-corrected chi connectivity index (χ4v) is 9.18. The molecule has 0 heterocycles. The van der Waals surface area contributed by atoms with Gasteiger partial charge in [0, 0.05) is 38.0 Å². The topological polar surface area (TPSA) is 134 Å². The summed E-state index contributed by atoms with van der Waals surface area (Å²) in [5.41, 5.74) is 2.81. The molecule has 0 atom stereocenters. The van der Waals surface area contributed by atoms with E-state index in [0.29, 0.717) is 13.2 Å². The van der Waals surface area contributed by atoms with Crippen LogP contribution in [0.15, 0.2) is 91.0 Å². The maximum Gasteiger partial charge on any atom is 0.330 e. The molecule has 0 aliphatic heterocycles. The molecule has 0 saturated heterocycles. The van der Waals surface area contributed by atoms with Gasteiger partial charge >= 0.3 is 17.9 Å². The summed E-state index contributed by atoms with van der Waals surface area (Å²) in [7, 11) is 4.12. The van der Waals surface area contributed by atoms with E-state index in [9.17, 15) is 14.4 Å². The van der Waals surface area contributed by atoms with Crippen LogP contribution in [0.25, 0.3) is 18.2 Å². The van der Waals surface area contributed by atoms with Gasteiger partial charge in [0.2, 0.25) is 0 Å². The number of methoxy groups -OCH3 is 3. The molecule has 3 rings (SSSR count). The van der Waals surface area contributed by atoms with E-state index < -0.39 is 0 Å². The van der Waals surface area contributed by atoms with Gasteiger partial charge < -0.3 is 42.6 Å². The SMILES string of the molecule is COC(=O)/C=C/c1ccc(OCCCCCCCCCCCCOCC(COCCCCCCCCCCCCOc2ccc(/C=C/C(=O)OC)cc2)OCCCCCCCCCCCCOc2ccc(/C=C/C(=O)OC)cc2)cc1. The summed E-state index contributed by atoms with van der Waals surface area (Å²) in [5, 5.41) is 0. The number of hydrogen-bond acceptors (Lipinski definition) is 12. The van der Waals surface area contributed by atoms with Crippen LogP contribution in [0, 0.1) is 0 Å². The van der Waals surface area contributed by atoms with Gasteiger partial charge in [-0.25, -0.2) is 14.4 Å². The lowest BCUT2D eigenvalue weighted by molar-refractivity contribution is -0.135. The number of ether oxygens (including phenoxy) is 9. The van der Waals surface area contributed by atoms with E-state index in [1.807, 2.05) is 72.8 Å². The Balaban J connectivity index is 1.17. The van der Waals surface area contributed by atoms with Crippen LogP contribution in [0.4, 0.5) is 0 Å². The molecule has 0 fully saturated rings. The zero-order valence-electron chi connectivity index (χ0n) is 50.2. The average molecular weight is 1130 g/mol. The van der Waals surface area contributed by atoms with Crippen LogP contribution in [0.3, 0.4) is 0 Å². The number of hydrogen-bond donors (Lipinski definition) is 0. The first-order valence-corrected chi connectivity index (χ1v) is 31.1. The first kappa shape index (κ1) is 69.8. The molecule has 3 aromatic carbocycles. The highest BCUT2D eigenvalue weighted by Crippen LogP contribution is 2.19. The third-order valence-electron chi connectivity index (χ3n) is 14.2. The minimum absolute atomic E-state index is 0.0139. The Morgan fingerprint density at radius 3 is 0.778 bits per heavy atom. The van der Waals surface area contributed by atoms with E-state index in [2.05, 4.69) is 14.2 Å². The van der Waals surface area contributed by atoms with Crippen molar-refractivity contribution in [2.75, 3.05) is 74.2 Å². The normalized spacial score (nSPS) is 11.6. The van der Waals surface area contributed by atoms with Crippen molar-refractivity contribution < 1.29 is 57.0 Å². The highest BCUT2D eigenvalue weighted by Gasteiger charge is 2.11. The van der Waals surface area contributed by atoms with E-state index in [1.165, 1.54) is 194 Å². The number of esters is 3. The van der Waals surface area contributed by atoms with Gasteiger partial charge in [0.15, 0.2) is 0 Å². The first-order chi connectivity index (χ1) is 39.9. The number of rotatable bonds is 53. The van der Waals surface area contributed by atoms with Crippen molar-refractivity contribution in [2.45, 2.75) is 199 Å². The van der Waals surface area contributed by atoms with Crippen LogP contribution in [-0.4, -0.2) is 98.2 Å². The molecule has 81 heavy (non-hydrogen) atoms. The fourth-order valence-electron chi connectivity index (χ4n) is 9.18. The van der Waals surface area contributed by atoms with Crippen molar-refractivity contribution in [3.05, 3.63) is 108 Å². The zero-order chi connectivity index (χ0) is 57.7. The van der Waals surface area contributed by atoms with Gasteiger partial charge in [-0.05, 0) is 110 Å². The van der Waals surface area contributed by atoms with Gasteiger partial charge in [-0.2, -0.15) is 0 Å². The molecular weight excluding hydrogens is 1020 g/mol. The van der Waals surface area contributed by atoms with Gasteiger partial charge in [-0.3, -0.25) is 0 Å². The van der Waals surface area contributed by atoms with Crippen molar-refractivity contribution in [3.63, 3.8) is 0 Å². The molecule has 0 saturated carbocycles. The molecule has 0 amide bonds. The van der Waals surface area contributed by atoms with Crippen molar-refractivity contribution in [2.24, 2.45) is 0 Å². The van der Waals surface area contributed by atoms with E-state index in [0.717, 1.165) is 112 Å². The van der Waals surface area contributed by atoms with E-state index >= 15 is 0 Å². The van der Waals surface area contributed by atoms with Crippen molar-refractivity contribution in [1.29, 1.82) is 0 Å². The standard InChI is InChI=1S/C69H104O12/c1-73-67(70)49-40-60-34-43-63(44-35-60)78-54-30-24-18-12-6-4-10-16-22-28-52-76-58-66(81-57-33-27-21-15-9-8-14-20-26-32-56-80-65-47-38-62(39-48-65)42-51-69(72)75-3)59-77-53-29-23-17-11-5-7-13-19-25-31-55-79-64-45-36-61(37-46-64)41-50-68(71)74-2/h34-51,66H,4-33,52-59H2,1-3H3/b49-40+,50-41+,51-42+. The predicted molar refractivity (Wildman–Crippen MR) is 329 cm³/mol. The third-order valence-corrected chi connectivity index (χ3v) is 14.2. The summed E-state index contributed by atoms with van der Waals surface area (Å²) in [6.45, 7) is 5.71. The van der Waals surface area contributed by atoms with E-state index in [-0.39, 0.29) is 24.0 Å². The Bertz CT molecular complexity index is 1960. The highest BCUT2D eigenvalue weighted by atomic mass is 16.6. The van der Waals surface area contributed by atoms with Crippen LogP contribution in [0.1, 0.15) is 209 Å². The molecule has 12 nitrogen and oxygen atoms in total. The Hall–Kier alpha value is -5.43. The Labute approximate surface area is 489 Å². The minimum atomic E-state index is -0.362. The second kappa shape index (κ2) is 50.3. The van der Waals surface area contributed by atoms with E-state index in [4.69, 9.17) is 28.4 Å². The lowest BCUT2D eigenvalue weighted by Gasteiger charge is -2.18. The fraction of sp³-hybridized carbons (Fsp3) is 0.609. The van der Waals surface area contributed by atoms with Crippen LogP contribution in [-0.2, 0) is 42.8 Å². The summed E-state index contributed by atoms with van der Waals surface area (Å²) in [4.78, 5) is 33.9. The minimum Gasteiger partial charge on any atom is -0.494 e. The molecule has 0 N–H and O–H groups in total. The van der Waals surface area contributed by atoms with Crippen LogP contribution >= 0.6 is 0 Å². The molecule has 0 aliphatic carbocycles. The summed E-state index contributed by atoms with van der Waals surface area (Å²) in [5.74, 6) is 1.48. The van der Waals surface area contributed by atoms with Gasteiger partial charge in [-0.1, -0.05) is 190 Å². The van der Waals surface area contributed by atoms with Crippen molar-refractivity contribution >= 4 is 36.1 Å². The van der Waals surface area contributed by atoms with Crippen LogP contribution < -0.4 is 14.2 Å². The largest absolute Gasteiger partial charge is 0.494 e. The molecule has 0 aromatic heterocycles. The van der Waals surface area contributed by atoms with Gasteiger partial charge in [0.1, 0.15) is 23.4 Å².